The van der Waals surface area contributed by atoms with E-state index < -0.39 is 10.0 Å². The molecule has 5 nitrogen and oxygen atoms in total. The van der Waals surface area contributed by atoms with E-state index in [4.69, 9.17) is 10.1 Å². The quantitative estimate of drug-likeness (QED) is 0.894. The van der Waals surface area contributed by atoms with E-state index >= 15 is 0 Å². The highest BCUT2D eigenvalue weighted by Gasteiger charge is 2.32. The average Bonchev–Trinajstić information content (AvgIpc) is 2.82. The average molecular weight is 313 g/mol. The summed E-state index contributed by atoms with van der Waals surface area (Å²) in [5, 5.41) is 9.17. The van der Waals surface area contributed by atoms with Gasteiger partial charge in [-0.15, -0.1) is 0 Å². The number of thioether (sulfide) groups is 1. The van der Waals surface area contributed by atoms with E-state index in [2.05, 4.69) is 19.2 Å². The monoisotopic (exact) mass is 313 g/mol. The van der Waals surface area contributed by atoms with Crippen molar-refractivity contribution in [3.05, 3.63) is 24.3 Å². The van der Waals surface area contributed by atoms with E-state index in [-0.39, 0.29) is 10.4 Å². The highest BCUT2D eigenvalue weighted by molar-refractivity contribution is 8.14. The Morgan fingerprint density at radius 1 is 1.30 bits per heavy atom. The summed E-state index contributed by atoms with van der Waals surface area (Å²) in [6.07, 6.45) is 2.04. The second kappa shape index (κ2) is 5.75. The van der Waals surface area contributed by atoms with Gasteiger partial charge in [-0.1, -0.05) is 25.6 Å². The van der Waals surface area contributed by atoms with Gasteiger partial charge >= 0.3 is 0 Å². The largest absolute Gasteiger partial charge is 0.335 e. The number of nitrogens with zero attached hydrogens (tertiary/aromatic N) is 1. The van der Waals surface area contributed by atoms with E-state index in [0.29, 0.717) is 0 Å². The van der Waals surface area contributed by atoms with Crippen LogP contribution in [0.1, 0.15) is 26.7 Å². The van der Waals surface area contributed by atoms with Crippen LogP contribution in [-0.2, 0) is 10.0 Å². The van der Waals surface area contributed by atoms with E-state index in [1.807, 2.05) is 0 Å². The fourth-order valence-electron chi connectivity index (χ4n) is 2.01. The molecule has 0 saturated carbocycles. The maximum absolute atomic E-state index is 11.2. The number of benzene rings is 1. The van der Waals surface area contributed by atoms with Crippen molar-refractivity contribution in [1.29, 1.82) is 0 Å². The molecule has 0 spiro atoms. The molecule has 1 heterocycles. The topological polar surface area (TPSA) is 84.5 Å². The van der Waals surface area contributed by atoms with Gasteiger partial charge in [-0.3, -0.25) is 4.99 Å². The molecule has 1 aromatic rings. The molecule has 0 fully saturated rings. The van der Waals surface area contributed by atoms with E-state index in [9.17, 15) is 8.42 Å². The second-order valence-corrected chi connectivity index (χ2v) is 7.36. The Balaban J connectivity index is 2.12. The molecular weight excluding hydrogens is 294 g/mol. The first-order valence-corrected chi connectivity index (χ1v) is 9.04. The summed E-state index contributed by atoms with van der Waals surface area (Å²) in [6.45, 7) is 4.30. The van der Waals surface area contributed by atoms with Crippen molar-refractivity contribution in [3.63, 3.8) is 0 Å². The number of rotatable bonds is 4. The third-order valence-electron chi connectivity index (χ3n) is 3.57. The number of anilines is 1. The zero-order valence-electron chi connectivity index (χ0n) is 11.6. The smallest absolute Gasteiger partial charge is 0.238 e. The molecule has 110 valence electrons. The molecule has 3 N–H and O–H groups in total. The van der Waals surface area contributed by atoms with Crippen LogP contribution in [0.15, 0.2) is 34.2 Å². The van der Waals surface area contributed by atoms with Crippen LogP contribution in [0.2, 0.25) is 0 Å². The Labute approximate surface area is 124 Å². The number of amidine groups is 1. The van der Waals surface area contributed by atoms with Gasteiger partial charge in [0.25, 0.3) is 0 Å². The standard InChI is InChI=1S/C13H19N3O2S2/c1-3-13(4-2)9-19-12(16-13)15-10-5-7-11(8-6-10)20(14,17)18/h5-8H,3-4,9H2,1-2H3,(H,15,16)(H2,14,17,18). The van der Waals surface area contributed by atoms with Crippen LogP contribution in [0, 0.1) is 0 Å². The Kier molecular flexibility index (Phi) is 4.41. The van der Waals surface area contributed by atoms with Crippen LogP contribution >= 0.6 is 11.8 Å². The third kappa shape index (κ3) is 3.34. The summed E-state index contributed by atoms with van der Waals surface area (Å²) in [5.74, 6) is 0.984. The normalized spacial score (nSPS) is 17.9. The van der Waals surface area contributed by atoms with E-state index in [1.165, 1.54) is 12.1 Å². The number of hydrogen-bond acceptors (Lipinski definition) is 5. The first-order chi connectivity index (χ1) is 9.38. The summed E-state index contributed by atoms with van der Waals surface area (Å²) >= 11 is 1.70. The SMILES string of the molecule is CCC1(CC)CSC(Nc2ccc(S(N)(=O)=O)cc2)=N1. The summed E-state index contributed by atoms with van der Waals surface area (Å²) < 4.78 is 22.4. The van der Waals surface area contributed by atoms with Gasteiger partial charge < -0.3 is 5.32 Å². The maximum Gasteiger partial charge on any atom is 0.238 e. The molecule has 1 aliphatic rings. The summed E-state index contributed by atoms with van der Waals surface area (Å²) in [5.41, 5.74) is 0.847. The molecule has 0 radical (unpaired) electrons. The molecule has 20 heavy (non-hydrogen) atoms. The third-order valence-corrected chi connectivity index (χ3v) is 5.64. The van der Waals surface area contributed by atoms with Gasteiger partial charge in [0.05, 0.1) is 10.4 Å². The van der Waals surface area contributed by atoms with Crippen LogP contribution in [0.3, 0.4) is 0 Å². The lowest BCUT2D eigenvalue weighted by Crippen LogP contribution is -2.24. The van der Waals surface area contributed by atoms with Crippen molar-refractivity contribution in [2.24, 2.45) is 10.1 Å². The molecule has 0 aliphatic carbocycles. The first kappa shape index (κ1) is 15.3. The molecule has 0 saturated heterocycles. The summed E-state index contributed by atoms with van der Waals surface area (Å²) in [4.78, 5) is 4.86. The number of aliphatic imine (C=N–C) groups is 1. The minimum absolute atomic E-state index is 0.0353. The van der Waals surface area contributed by atoms with Gasteiger partial charge in [-0.2, -0.15) is 0 Å². The molecule has 1 aromatic carbocycles. The predicted molar refractivity (Wildman–Crippen MR) is 84.6 cm³/mol. The lowest BCUT2D eigenvalue weighted by atomic mass is 9.97. The lowest BCUT2D eigenvalue weighted by Gasteiger charge is -2.20. The highest BCUT2D eigenvalue weighted by Crippen LogP contribution is 2.33. The summed E-state index contributed by atoms with van der Waals surface area (Å²) in [6, 6.07) is 6.37. The molecule has 0 bridgehead atoms. The molecule has 0 unspecified atom stereocenters. The lowest BCUT2D eigenvalue weighted by molar-refractivity contribution is 0.456. The maximum atomic E-state index is 11.2. The molecule has 0 amide bonds. The number of primary sulfonamides is 1. The molecule has 1 aliphatic heterocycles. The Morgan fingerprint density at radius 2 is 1.90 bits per heavy atom. The van der Waals surface area contributed by atoms with Crippen molar-refractivity contribution >= 4 is 32.6 Å². The van der Waals surface area contributed by atoms with Crippen molar-refractivity contribution in [2.75, 3.05) is 11.1 Å². The zero-order valence-corrected chi connectivity index (χ0v) is 13.2. The summed E-state index contributed by atoms with van der Waals surface area (Å²) in [7, 11) is -3.64. The van der Waals surface area contributed by atoms with Crippen LogP contribution in [-0.4, -0.2) is 24.9 Å². The number of nitrogens with two attached hydrogens (primary N) is 1. The predicted octanol–water partition coefficient (Wildman–Crippen LogP) is 2.41. The van der Waals surface area contributed by atoms with E-state index in [0.717, 1.165) is 29.4 Å². The Morgan fingerprint density at radius 3 is 2.35 bits per heavy atom. The molecule has 0 aromatic heterocycles. The Bertz CT molecular complexity index is 605. The van der Waals surface area contributed by atoms with Crippen LogP contribution < -0.4 is 10.5 Å². The second-order valence-electron chi connectivity index (χ2n) is 4.83. The van der Waals surface area contributed by atoms with Gasteiger partial charge in [-0.05, 0) is 37.1 Å². The number of nitrogens with one attached hydrogen (secondary N) is 1. The van der Waals surface area contributed by atoms with Crippen molar-refractivity contribution in [3.8, 4) is 0 Å². The highest BCUT2D eigenvalue weighted by atomic mass is 32.2. The minimum atomic E-state index is -3.64. The number of hydrogen-bond donors (Lipinski definition) is 2. The zero-order chi connectivity index (χ0) is 14.8. The van der Waals surface area contributed by atoms with Crippen LogP contribution in [0.5, 0.6) is 0 Å². The molecule has 2 rings (SSSR count). The van der Waals surface area contributed by atoms with Gasteiger partial charge in [0.15, 0.2) is 5.17 Å². The van der Waals surface area contributed by atoms with Crippen LogP contribution in [0.4, 0.5) is 5.69 Å². The van der Waals surface area contributed by atoms with E-state index in [1.54, 1.807) is 23.9 Å². The van der Waals surface area contributed by atoms with Crippen molar-refractivity contribution in [1.82, 2.24) is 0 Å². The van der Waals surface area contributed by atoms with Gasteiger partial charge in [0, 0.05) is 11.4 Å². The molecule has 7 heteroatoms. The van der Waals surface area contributed by atoms with Gasteiger partial charge in [-0.25, -0.2) is 13.6 Å². The fraction of sp³-hybridized carbons (Fsp3) is 0.462. The number of sulfonamides is 1. The van der Waals surface area contributed by atoms with Crippen molar-refractivity contribution < 1.29 is 8.42 Å². The minimum Gasteiger partial charge on any atom is -0.335 e. The Hall–Kier alpha value is -1.05. The van der Waals surface area contributed by atoms with Crippen molar-refractivity contribution in [2.45, 2.75) is 37.1 Å². The molecular formula is C13H19N3O2S2. The first-order valence-electron chi connectivity index (χ1n) is 6.51. The van der Waals surface area contributed by atoms with Gasteiger partial charge in [0.2, 0.25) is 10.0 Å². The fourth-order valence-corrected chi connectivity index (χ4v) is 3.85. The van der Waals surface area contributed by atoms with Crippen LogP contribution in [0.25, 0.3) is 0 Å². The molecule has 0 atom stereocenters. The van der Waals surface area contributed by atoms with Gasteiger partial charge in [0.1, 0.15) is 0 Å².